The van der Waals surface area contributed by atoms with Gasteiger partial charge in [-0.2, -0.15) is 0 Å². The normalized spacial score (nSPS) is 23.8. The molecule has 0 aliphatic carbocycles. The fourth-order valence-electron chi connectivity index (χ4n) is 1.71. The summed E-state index contributed by atoms with van der Waals surface area (Å²) in [4.78, 5) is 0. The Morgan fingerprint density at radius 1 is 1.46 bits per heavy atom. The van der Waals surface area contributed by atoms with Crippen LogP contribution in [0.15, 0.2) is 0 Å². The first-order valence-corrected chi connectivity index (χ1v) is 5.22. The van der Waals surface area contributed by atoms with E-state index in [1.54, 1.807) is 0 Å². The SMILES string of the molecule is CCC(CC)(CN)OC1CCOC1. The van der Waals surface area contributed by atoms with Gasteiger partial charge in [-0.05, 0) is 19.3 Å². The predicted molar refractivity (Wildman–Crippen MR) is 52.7 cm³/mol. The van der Waals surface area contributed by atoms with Crippen LogP contribution in [-0.2, 0) is 9.47 Å². The van der Waals surface area contributed by atoms with Crippen LogP contribution in [0.1, 0.15) is 33.1 Å². The summed E-state index contributed by atoms with van der Waals surface area (Å²) in [6.45, 7) is 6.44. The van der Waals surface area contributed by atoms with Crippen molar-refractivity contribution in [3.05, 3.63) is 0 Å². The van der Waals surface area contributed by atoms with E-state index in [2.05, 4.69) is 13.8 Å². The standard InChI is InChI=1S/C10H21NO2/c1-3-10(4-2,8-11)13-9-5-6-12-7-9/h9H,3-8,11H2,1-2H3. The maximum absolute atomic E-state index is 6.00. The van der Waals surface area contributed by atoms with Crippen LogP contribution in [0.5, 0.6) is 0 Å². The van der Waals surface area contributed by atoms with Gasteiger partial charge in [0.2, 0.25) is 0 Å². The van der Waals surface area contributed by atoms with E-state index < -0.39 is 0 Å². The predicted octanol–water partition coefficient (Wildman–Crippen LogP) is 1.31. The van der Waals surface area contributed by atoms with Crippen LogP contribution in [0, 0.1) is 0 Å². The van der Waals surface area contributed by atoms with Crippen LogP contribution in [0.2, 0.25) is 0 Å². The largest absolute Gasteiger partial charge is 0.379 e. The van der Waals surface area contributed by atoms with E-state index in [1.165, 1.54) is 0 Å². The minimum atomic E-state index is -0.113. The molecule has 0 bridgehead atoms. The molecule has 3 nitrogen and oxygen atoms in total. The number of nitrogens with two attached hydrogens (primary N) is 1. The average molecular weight is 187 g/mol. The lowest BCUT2D eigenvalue weighted by atomic mass is 9.97. The molecule has 3 heteroatoms. The fraction of sp³-hybridized carbons (Fsp3) is 1.00. The van der Waals surface area contributed by atoms with Crippen molar-refractivity contribution < 1.29 is 9.47 Å². The molecule has 0 spiro atoms. The van der Waals surface area contributed by atoms with Crippen LogP contribution < -0.4 is 5.73 Å². The van der Waals surface area contributed by atoms with Gasteiger partial charge in [-0.25, -0.2) is 0 Å². The molecular formula is C10H21NO2. The third-order valence-corrected chi connectivity index (χ3v) is 2.97. The van der Waals surface area contributed by atoms with Gasteiger partial charge >= 0.3 is 0 Å². The molecular weight excluding hydrogens is 166 g/mol. The molecule has 0 aromatic rings. The second kappa shape index (κ2) is 4.94. The zero-order valence-electron chi connectivity index (χ0n) is 8.71. The summed E-state index contributed by atoms with van der Waals surface area (Å²) < 4.78 is 11.3. The summed E-state index contributed by atoms with van der Waals surface area (Å²) in [5, 5.41) is 0. The first kappa shape index (κ1) is 11.0. The van der Waals surface area contributed by atoms with Gasteiger partial charge in [0.15, 0.2) is 0 Å². The van der Waals surface area contributed by atoms with Gasteiger partial charge in [0.1, 0.15) is 0 Å². The highest BCUT2D eigenvalue weighted by Crippen LogP contribution is 2.24. The summed E-state index contributed by atoms with van der Waals surface area (Å²) in [7, 11) is 0. The summed E-state index contributed by atoms with van der Waals surface area (Å²) in [6.07, 6.45) is 3.25. The molecule has 2 N–H and O–H groups in total. The highest BCUT2D eigenvalue weighted by Gasteiger charge is 2.30. The first-order chi connectivity index (χ1) is 6.26. The van der Waals surface area contributed by atoms with Crippen molar-refractivity contribution in [2.45, 2.75) is 44.8 Å². The van der Waals surface area contributed by atoms with Gasteiger partial charge in [-0.3, -0.25) is 0 Å². The van der Waals surface area contributed by atoms with Crippen molar-refractivity contribution in [1.29, 1.82) is 0 Å². The van der Waals surface area contributed by atoms with Gasteiger partial charge in [0.05, 0.1) is 18.3 Å². The second-order valence-electron chi connectivity index (χ2n) is 3.70. The molecule has 13 heavy (non-hydrogen) atoms. The van der Waals surface area contributed by atoms with Crippen molar-refractivity contribution >= 4 is 0 Å². The Hall–Kier alpha value is -0.120. The summed E-state index contributed by atoms with van der Waals surface area (Å²) in [5.74, 6) is 0. The smallest absolute Gasteiger partial charge is 0.0838 e. The molecule has 1 fully saturated rings. The van der Waals surface area contributed by atoms with Crippen molar-refractivity contribution in [2.75, 3.05) is 19.8 Å². The van der Waals surface area contributed by atoms with Gasteiger partial charge in [0, 0.05) is 13.2 Å². The average Bonchev–Trinajstić information content (AvgIpc) is 2.67. The van der Waals surface area contributed by atoms with Crippen LogP contribution in [-0.4, -0.2) is 31.5 Å². The van der Waals surface area contributed by atoms with Crippen molar-refractivity contribution in [3.8, 4) is 0 Å². The molecule has 1 unspecified atom stereocenters. The highest BCUT2D eigenvalue weighted by molar-refractivity contribution is 4.81. The maximum Gasteiger partial charge on any atom is 0.0838 e. The molecule has 0 saturated carbocycles. The quantitative estimate of drug-likeness (QED) is 0.705. The van der Waals surface area contributed by atoms with E-state index in [4.69, 9.17) is 15.2 Å². The molecule has 1 saturated heterocycles. The number of rotatable bonds is 5. The molecule has 1 atom stereocenters. The Kier molecular flexibility index (Phi) is 4.16. The Bertz CT molecular complexity index is 132. The Morgan fingerprint density at radius 3 is 2.54 bits per heavy atom. The van der Waals surface area contributed by atoms with Crippen LogP contribution in [0.4, 0.5) is 0 Å². The zero-order chi connectivity index (χ0) is 9.73. The maximum atomic E-state index is 6.00. The third kappa shape index (κ3) is 2.66. The molecule has 0 aromatic carbocycles. The molecule has 0 amide bonds. The number of hydrogen-bond acceptors (Lipinski definition) is 3. The van der Waals surface area contributed by atoms with Gasteiger partial charge in [-0.1, -0.05) is 13.8 Å². The van der Waals surface area contributed by atoms with Crippen molar-refractivity contribution in [2.24, 2.45) is 5.73 Å². The van der Waals surface area contributed by atoms with Gasteiger partial charge in [-0.15, -0.1) is 0 Å². The van der Waals surface area contributed by atoms with Crippen molar-refractivity contribution in [1.82, 2.24) is 0 Å². The summed E-state index contributed by atoms with van der Waals surface area (Å²) in [5.41, 5.74) is 5.63. The first-order valence-electron chi connectivity index (χ1n) is 5.22. The second-order valence-corrected chi connectivity index (χ2v) is 3.70. The van der Waals surface area contributed by atoms with E-state index in [0.29, 0.717) is 6.54 Å². The summed E-state index contributed by atoms with van der Waals surface area (Å²) in [6, 6.07) is 0. The zero-order valence-corrected chi connectivity index (χ0v) is 8.71. The van der Waals surface area contributed by atoms with Gasteiger partial charge in [0.25, 0.3) is 0 Å². The van der Waals surface area contributed by atoms with Crippen molar-refractivity contribution in [3.63, 3.8) is 0 Å². The molecule has 0 aromatic heterocycles. The molecule has 1 rings (SSSR count). The lowest BCUT2D eigenvalue weighted by Gasteiger charge is -2.33. The molecule has 1 aliphatic heterocycles. The molecule has 1 aliphatic rings. The van der Waals surface area contributed by atoms with E-state index >= 15 is 0 Å². The fourth-order valence-corrected chi connectivity index (χ4v) is 1.71. The van der Waals surface area contributed by atoms with Crippen LogP contribution >= 0.6 is 0 Å². The minimum absolute atomic E-state index is 0.113. The Balaban J connectivity index is 2.44. The van der Waals surface area contributed by atoms with E-state index in [1.807, 2.05) is 0 Å². The van der Waals surface area contributed by atoms with E-state index in [0.717, 1.165) is 32.5 Å². The van der Waals surface area contributed by atoms with E-state index in [9.17, 15) is 0 Å². The van der Waals surface area contributed by atoms with Crippen LogP contribution in [0.3, 0.4) is 0 Å². The van der Waals surface area contributed by atoms with Gasteiger partial charge < -0.3 is 15.2 Å². The Morgan fingerprint density at radius 2 is 2.15 bits per heavy atom. The Labute approximate surface area is 80.6 Å². The summed E-state index contributed by atoms with van der Waals surface area (Å²) >= 11 is 0. The lowest BCUT2D eigenvalue weighted by molar-refractivity contribution is -0.0929. The van der Waals surface area contributed by atoms with E-state index in [-0.39, 0.29) is 11.7 Å². The minimum Gasteiger partial charge on any atom is -0.379 e. The topological polar surface area (TPSA) is 44.5 Å². The monoisotopic (exact) mass is 187 g/mol. The molecule has 1 heterocycles. The number of hydrogen-bond donors (Lipinski definition) is 1. The lowest BCUT2D eigenvalue weighted by Crippen LogP contribution is -2.42. The number of ether oxygens (including phenoxy) is 2. The van der Waals surface area contributed by atoms with Crippen LogP contribution in [0.25, 0.3) is 0 Å². The molecule has 78 valence electrons. The highest BCUT2D eigenvalue weighted by atomic mass is 16.6. The molecule has 0 radical (unpaired) electrons. The third-order valence-electron chi connectivity index (χ3n) is 2.97.